The van der Waals surface area contributed by atoms with Crippen molar-refractivity contribution in [2.75, 3.05) is 0 Å². The molecule has 140 valence electrons. The van der Waals surface area contributed by atoms with Crippen molar-refractivity contribution < 1.29 is 4.79 Å². The number of aryl methyl sites for hydroxylation is 1. The monoisotopic (exact) mass is 362 g/mol. The fourth-order valence-electron chi connectivity index (χ4n) is 6.03. The van der Waals surface area contributed by atoms with Crippen LogP contribution in [-0.4, -0.2) is 22.3 Å². The van der Waals surface area contributed by atoms with E-state index in [9.17, 15) is 4.79 Å². The third kappa shape index (κ3) is 3.09. The SMILES string of the molecule is Cc1ccc(C=NNC(=O)c2cc(C34CC5CC(CC(C5)C3)C4)[nH]n2)cc1. The van der Waals surface area contributed by atoms with E-state index in [1.54, 1.807) is 6.21 Å². The first-order chi connectivity index (χ1) is 13.1. The van der Waals surface area contributed by atoms with Gasteiger partial charge in [0, 0.05) is 11.1 Å². The van der Waals surface area contributed by atoms with Gasteiger partial charge in [0.15, 0.2) is 5.69 Å². The van der Waals surface area contributed by atoms with Crippen LogP contribution < -0.4 is 5.43 Å². The molecular formula is C22H26N4O. The number of hydrazone groups is 1. The minimum absolute atomic E-state index is 0.228. The van der Waals surface area contributed by atoms with E-state index in [0.717, 1.165) is 29.0 Å². The van der Waals surface area contributed by atoms with E-state index in [2.05, 4.69) is 20.7 Å². The van der Waals surface area contributed by atoms with Crippen LogP contribution in [0.1, 0.15) is 65.8 Å². The van der Waals surface area contributed by atoms with Gasteiger partial charge >= 0.3 is 0 Å². The van der Waals surface area contributed by atoms with E-state index in [4.69, 9.17) is 0 Å². The van der Waals surface area contributed by atoms with Crippen molar-refractivity contribution in [2.24, 2.45) is 22.9 Å². The predicted molar refractivity (Wildman–Crippen MR) is 105 cm³/mol. The Morgan fingerprint density at radius 3 is 2.41 bits per heavy atom. The smallest absolute Gasteiger partial charge is 0.281 e. The standard InChI is InChI=1S/C22H26N4O/c1-14-2-4-15(5-3-14)13-23-26-21(27)19-9-20(25-24-19)22-10-16-6-17(11-22)8-18(7-16)12-22/h2-5,9,13,16-18H,6-8,10-12H2,1H3,(H,24,25)(H,26,27). The van der Waals surface area contributed by atoms with Gasteiger partial charge in [-0.15, -0.1) is 0 Å². The number of aromatic nitrogens is 2. The van der Waals surface area contributed by atoms with Crippen molar-refractivity contribution in [3.8, 4) is 0 Å². The lowest BCUT2D eigenvalue weighted by Gasteiger charge is -2.56. The van der Waals surface area contributed by atoms with E-state index in [1.807, 2.05) is 37.3 Å². The number of rotatable bonds is 4. The summed E-state index contributed by atoms with van der Waals surface area (Å²) in [7, 11) is 0. The molecule has 1 aromatic heterocycles. The Hall–Kier alpha value is -2.43. The topological polar surface area (TPSA) is 70.1 Å². The molecule has 5 heteroatoms. The zero-order chi connectivity index (χ0) is 18.4. The molecule has 2 N–H and O–H groups in total. The minimum atomic E-state index is -0.259. The van der Waals surface area contributed by atoms with Crippen molar-refractivity contribution in [1.29, 1.82) is 0 Å². The first-order valence-corrected chi connectivity index (χ1v) is 10.1. The summed E-state index contributed by atoms with van der Waals surface area (Å²) in [5.41, 5.74) is 6.57. The second-order valence-corrected chi connectivity index (χ2v) is 8.97. The second-order valence-electron chi connectivity index (χ2n) is 8.97. The molecule has 4 aliphatic rings. The molecule has 0 atom stereocenters. The van der Waals surface area contributed by atoms with Crippen molar-refractivity contribution in [1.82, 2.24) is 15.6 Å². The first-order valence-electron chi connectivity index (χ1n) is 10.1. The van der Waals surface area contributed by atoms with Gasteiger partial charge in [-0.1, -0.05) is 29.8 Å². The molecule has 0 unspecified atom stereocenters. The Balaban J connectivity index is 1.28. The van der Waals surface area contributed by atoms with Gasteiger partial charge in [0.2, 0.25) is 0 Å². The summed E-state index contributed by atoms with van der Waals surface area (Å²) in [6.45, 7) is 2.04. The fourth-order valence-corrected chi connectivity index (χ4v) is 6.03. The van der Waals surface area contributed by atoms with E-state index in [-0.39, 0.29) is 11.3 Å². The Kier molecular flexibility index (Phi) is 3.92. The quantitative estimate of drug-likeness (QED) is 0.639. The second kappa shape index (κ2) is 6.32. The average Bonchev–Trinajstić information content (AvgIpc) is 3.13. The zero-order valence-corrected chi connectivity index (χ0v) is 15.7. The summed E-state index contributed by atoms with van der Waals surface area (Å²) < 4.78 is 0. The molecule has 4 aliphatic carbocycles. The van der Waals surface area contributed by atoms with Crippen molar-refractivity contribution in [3.05, 3.63) is 52.8 Å². The van der Waals surface area contributed by atoms with E-state index in [1.165, 1.54) is 44.1 Å². The van der Waals surface area contributed by atoms with Crippen molar-refractivity contribution in [3.63, 3.8) is 0 Å². The average molecular weight is 362 g/mol. The van der Waals surface area contributed by atoms with Crippen LogP contribution in [-0.2, 0) is 5.41 Å². The third-order valence-electron chi connectivity index (χ3n) is 6.88. The lowest BCUT2D eigenvalue weighted by Crippen LogP contribution is -2.48. The number of nitrogens with one attached hydrogen (secondary N) is 2. The van der Waals surface area contributed by atoms with Crippen LogP contribution in [0.25, 0.3) is 0 Å². The molecule has 5 nitrogen and oxygen atoms in total. The van der Waals surface area contributed by atoms with Crippen LogP contribution in [0.3, 0.4) is 0 Å². The van der Waals surface area contributed by atoms with Gasteiger partial charge in [-0.05, 0) is 74.8 Å². The van der Waals surface area contributed by atoms with Gasteiger partial charge in [-0.25, -0.2) is 5.43 Å². The Bertz CT molecular complexity index is 845. The van der Waals surface area contributed by atoms with Crippen molar-refractivity contribution >= 4 is 12.1 Å². The van der Waals surface area contributed by atoms with Gasteiger partial charge in [-0.2, -0.15) is 10.2 Å². The molecule has 2 aromatic rings. The molecule has 6 rings (SSSR count). The maximum absolute atomic E-state index is 12.4. The minimum Gasteiger partial charge on any atom is -0.281 e. The molecule has 4 saturated carbocycles. The molecule has 1 heterocycles. The molecule has 0 radical (unpaired) electrons. The summed E-state index contributed by atoms with van der Waals surface area (Å²) in [6.07, 6.45) is 9.66. The van der Waals surface area contributed by atoms with Crippen LogP contribution in [0.5, 0.6) is 0 Å². The van der Waals surface area contributed by atoms with Gasteiger partial charge in [0.1, 0.15) is 0 Å². The van der Waals surface area contributed by atoms with E-state index >= 15 is 0 Å². The number of carbonyl (C=O) groups is 1. The van der Waals surface area contributed by atoms with Gasteiger partial charge in [0.05, 0.1) is 6.21 Å². The van der Waals surface area contributed by atoms with Gasteiger partial charge in [0.25, 0.3) is 5.91 Å². The number of hydrogen-bond acceptors (Lipinski definition) is 3. The lowest BCUT2D eigenvalue weighted by atomic mass is 9.49. The van der Waals surface area contributed by atoms with E-state index in [0.29, 0.717) is 5.69 Å². The summed E-state index contributed by atoms with van der Waals surface area (Å²) >= 11 is 0. The maximum Gasteiger partial charge on any atom is 0.291 e. The predicted octanol–water partition coefficient (Wildman–Crippen LogP) is 3.95. The van der Waals surface area contributed by atoms with Gasteiger partial charge < -0.3 is 0 Å². The number of benzene rings is 1. The number of hydrogen-bond donors (Lipinski definition) is 2. The van der Waals surface area contributed by atoms with E-state index < -0.39 is 0 Å². The molecular weight excluding hydrogens is 336 g/mol. The maximum atomic E-state index is 12.4. The molecule has 27 heavy (non-hydrogen) atoms. The number of nitrogens with zero attached hydrogens (tertiary/aromatic N) is 2. The highest BCUT2D eigenvalue weighted by molar-refractivity contribution is 5.93. The molecule has 4 bridgehead atoms. The summed E-state index contributed by atoms with van der Waals surface area (Å²) in [4.78, 5) is 12.4. The molecule has 1 amide bonds. The Labute approximate surface area is 159 Å². The molecule has 0 saturated heterocycles. The van der Waals surface area contributed by atoms with Crippen LogP contribution in [0, 0.1) is 24.7 Å². The van der Waals surface area contributed by atoms with Crippen LogP contribution in [0.15, 0.2) is 35.4 Å². The molecule has 0 aliphatic heterocycles. The number of aromatic amines is 1. The van der Waals surface area contributed by atoms with Gasteiger partial charge in [-0.3, -0.25) is 9.89 Å². The first kappa shape index (κ1) is 16.7. The van der Waals surface area contributed by atoms with Crippen LogP contribution in [0.2, 0.25) is 0 Å². The van der Waals surface area contributed by atoms with Crippen LogP contribution in [0.4, 0.5) is 0 Å². The molecule has 1 aromatic carbocycles. The Morgan fingerprint density at radius 1 is 1.15 bits per heavy atom. The summed E-state index contributed by atoms with van der Waals surface area (Å²) in [5.74, 6) is 2.35. The molecule has 4 fully saturated rings. The number of H-pyrrole nitrogens is 1. The Morgan fingerprint density at radius 2 is 1.78 bits per heavy atom. The lowest BCUT2D eigenvalue weighted by molar-refractivity contribution is -0.00721. The number of amides is 1. The normalized spacial score (nSPS) is 31.5. The highest BCUT2D eigenvalue weighted by Gasteiger charge is 2.52. The fraction of sp³-hybridized carbons (Fsp3) is 0.500. The number of carbonyl (C=O) groups excluding carboxylic acids is 1. The summed E-state index contributed by atoms with van der Waals surface area (Å²) in [6, 6.07) is 9.96. The van der Waals surface area contributed by atoms with Crippen molar-refractivity contribution in [2.45, 2.75) is 50.9 Å². The highest BCUT2D eigenvalue weighted by atomic mass is 16.2. The largest absolute Gasteiger partial charge is 0.291 e. The highest BCUT2D eigenvalue weighted by Crippen LogP contribution is 2.60. The zero-order valence-electron chi connectivity index (χ0n) is 15.7. The third-order valence-corrected chi connectivity index (χ3v) is 6.88. The van der Waals surface area contributed by atoms with Crippen LogP contribution >= 0.6 is 0 Å². The molecule has 0 spiro atoms. The summed E-state index contributed by atoms with van der Waals surface area (Å²) in [5, 5.41) is 11.6.